The van der Waals surface area contributed by atoms with Crippen molar-refractivity contribution in [3.05, 3.63) is 109 Å². The number of carbonyl (C=O) groups excluding carboxylic acids is 1. The minimum atomic E-state index is -1.25. The molecule has 0 fully saturated rings. The van der Waals surface area contributed by atoms with E-state index >= 15 is 0 Å². The van der Waals surface area contributed by atoms with E-state index in [1.165, 1.54) is 53.9 Å². The van der Waals surface area contributed by atoms with Gasteiger partial charge in [-0.15, -0.1) is 0 Å². The second kappa shape index (κ2) is 15.8. The Morgan fingerprint density at radius 2 is 1.54 bits per heavy atom. The Kier molecular flexibility index (Phi) is 11.0. The second-order valence-corrected chi connectivity index (χ2v) is 12.5. The predicted octanol–water partition coefficient (Wildman–Crippen LogP) is 5.35. The van der Waals surface area contributed by atoms with Gasteiger partial charge >= 0.3 is 5.97 Å². The Balaban J connectivity index is 1.50. The molecule has 14 heteroatoms. The number of methoxy groups -OCH3 is 7. The number of aromatic hydroxyl groups is 1. The smallest absolute Gasteiger partial charge is 0.306 e. The summed E-state index contributed by atoms with van der Waals surface area (Å²) in [5.41, 5.74) is 1.65. The van der Waals surface area contributed by atoms with Crippen LogP contribution in [0.15, 0.2) is 73.2 Å². The van der Waals surface area contributed by atoms with Crippen molar-refractivity contribution in [3.63, 3.8) is 0 Å². The van der Waals surface area contributed by atoms with Crippen LogP contribution in [0.5, 0.6) is 40.2 Å². The van der Waals surface area contributed by atoms with Crippen LogP contribution in [0.2, 0.25) is 0 Å². The summed E-state index contributed by atoms with van der Waals surface area (Å²) in [5, 5.41) is 11.3. The zero-order chi connectivity index (χ0) is 38.7. The lowest BCUT2D eigenvalue weighted by atomic mass is 9.87. The van der Waals surface area contributed by atoms with Crippen molar-refractivity contribution < 1.29 is 51.9 Å². The summed E-state index contributed by atoms with van der Waals surface area (Å²) in [4.78, 5) is 42.3. The van der Waals surface area contributed by atoms with Crippen LogP contribution < -0.4 is 39.3 Å². The van der Waals surface area contributed by atoms with Gasteiger partial charge in [-0.2, -0.15) is 0 Å². The third kappa shape index (κ3) is 6.99. The maximum Gasteiger partial charge on any atom is 0.306 e. The van der Waals surface area contributed by atoms with Gasteiger partial charge in [0.2, 0.25) is 16.9 Å². The average Bonchev–Trinajstić information content (AvgIpc) is 3.20. The summed E-state index contributed by atoms with van der Waals surface area (Å²) >= 11 is 0. The van der Waals surface area contributed by atoms with Crippen LogP contribution in [0.1, 0.15) is 52.2 Å². The second-order valence-electron chi connectivity index (χ2n) is 12.5. The minimum absolute atomic E-state index is 0.0278. The monoisotopic (exact) mass is 743 g/mol. The molecule has 54 heavy (non-hydrogen) atoms. The number of nitrogens with zero attached hydrogens (tertiary/aromatic N) is 1. The molecule has 0 aliphatic carbocycles. The molecule has 1 N–H and O–H groups in total. The van der Waals surface area contributed by atoms with E-state index in [1.807, 2.05) is 24.3 Å². The topological polar surface area (TPSA) is 166 Å². The molecule has 6 rings (SSSR count). The summed E-state index contributed by atoms with van der Waals surface area (Å²) in [6.45, 7) is 0.553. The highest BCUT2D eigenvalue weighted by molar-refractivity contribution is 5.79. The Morgan fingerprint density at radius 1 is 0.852 bits per heavy atom. The highest BCUT2D eigenvalue weighted by atomic mass is 16.5. The van der Waals surface area contributed by atoms with Gasteiger partial charge in [-0.3, -0.25) is 19.3 Å². The summed E-state index contributed by atoms with van der Waals surface area (Å²) in [7, 11) is 10.4. The molecule has 0 unspecified atom stereocenters. The fraction of sp³-hybridized carbons (Fsp3) is 0.325. The van der Waals surface area contributed by atoms with Crippen LogP contribution in [-0.4, -0.2) is 72.3 Å². The third-order valence-corrected chi connectivity index (χ3v) is 9.63. The van der Waals surface area contributed by atoms with E-state index in [-0.39, 0.29) is 34.6 Å². The molecule has 0 saturated carbocycles. The summed E-state index contributed by atoms with van der Waals surface area (Å²) in [5.74, 6) is -0.0253. The molecule has 1 aliphatic rings. The number of hydrogen-bond donors (Lipinski definition) is 1. The van der Waals surface area contributed by atoms with Gasteiger partial charge < -0.3 is 47.1 Å². The van der Waals surface area contributed by atoms with Gasteiger partial charge in [-0.1, -0.05) is 0 Å². The minimum Gasteiger partial charge on any atom is -0.502 e. The number of hydrogen-bond acceptors (Lipinski definition) is 14. The lowest BCUT2D eigenvalue weighted by Gasteiger charge is -2.38. The van der Waals surface area contributed by atoms with Crippen LogP contribution in [0.4, 0.5) is 0 Å². The van der Waals surface area contributed by atoms with Crippen molar-refractivity contribution in [1.29, 1.82) is 0 Å². The van der Waals surface area contributed by atoms with Gasteiger partial charge in [0.25, 0.3) is 0 Å². The third-order valence-electron chi connectivity index (χ3n) is 9.63. The zero-order valence-corrected chi connectivity index (χ0v) is 31.0. The lowest BCUT2D eigenvalue weighted by Crippen LogP contribution is -2.36. The van der Waals surface area contributed by atoms with Crippen molar-refractivity contribution in [1.82, 2.24) is 4.90 Å². The summed E-state index contributed by atoms with van der Waals surface area (Å²) in [6, 6.07) is 13.0. The number of fused-ring (bicyclic) bond motifs is 2. The van der Waals surface area contributed by atoms with Gasteiger partial charge in [0.15, 0.2) is 34.2 Å². The van der Waals surface area contributed by atoms with Crippen LogP contribution >= 0.6 is 0 Å². The molecule has 0 radical (unpaired) electrons. The fourth-order valence-electron chi connectivity index (χ4n) is 6.97. The lowest BCUT2D eigenvalue weighted by molar-refractivity contribution is -0.141. The molecule has 0 spiro atoms. The molecule has 14 nitrogen and oxygen atoms in total. The summed E-state index contributed by atoms with van der Waals surface area (Å²) < 4.78 is 50.7. The van der Waals surface area contributed by atoms with Crippen molar-refractivity contribution in [2.75, 3.05) is 56.3 Å². The summed E-state index contributed by atoms with van der Waals surface area (Å²) in [6.07, 6.45) is 1.35. The zero-order valence-electron chi connectivity index (χ0n) is 31.0. The highest BCUT2D eigenvalue weighted by Crippen LogP contribution is 2.46. The van der Waals surface area contributed by atoms with Crippen molar-refractivity contribution in [2.45, 2.75) is 31.3 Å². The molecule has 0 bridgehead atoms. The number of ether oxygens (including phenoxy) is 7. The molecule has 3 aromatic carbocycles. The molecule has 2 aromatic heterocycles. The van der Waals surface area contributed by atoms with Gasteiger partial charge in [0, 0.05) is 18.2 Å². The largest absolute Gasteiger partial charge is 0.502 e. The van der Waals surface area contributed by atoms with Crippen molar-refractivity contribution in [2.24, 2.45) is 0 Å². The maximum atomic E-state index is 13.9. The highest BCUT2D eigenvalue weighted by Gasteiger charge is 2.34. The van der Waals surface area contributed by atoms with Crippen molar-refractivity contribution >= 4 is 16.9 Å². The molecule has 2 atom stereocenters. The first-order valence-corrected chi connectivity index (χ1v) is 16.9. The molecule has 1 aliphatic heterocycles. The first kappa shape index (κ1) is 37.6. The normalized spacial score (nSPS) is 14.5. The number of benzene rings is 3. The predicted molar refractivity (Wildman–Crippen MR) is 196 cm³/mol. The number of esters is 1. The molecule has 3 heterocycles. The Labute approximate surface area is 310 Å². The van der Waals surface area contributed by atoms with Gasteiger partial charge in [-0.05, 0) is 65.6 Å². The van der Waals surface area contributed by atoms with E-state index in [4.69, 9.17) is 42.0 Å². The molecule has 0 saturated heterocycles. The Bertz CT molecular complexity index is 2290. The quantitative estimate of drug-likeness (QED) is 0.154. The van der Waals surface area contributed by atoms with E-state index < -0.39 is 41.0 Å². The fourth-order valence-corrected chi connectivity index (χ4v) is 6.97. The van der Waals surface area contributed by atoms with Gasteiger partial charge in [0.1, 0.15) is 17.1 Å². The number of carbonyl (C=O) groups is 1. The van der Waals surface area contributed by atoms with E-state index in [0.29, 0.717) is 47.5 Å². The first-order chi connectivity index (χ1) is 26.1. The molecule has 0 amide bonds. The van der Waals surface area contributed by atoms with E-state index in [1.54, 1.807) is 26.4 Å². The van der Waals surface area contributed by atoms with Crippen LogP contribution in [0.25, 0.3) is 11.0 Å². The molecular weight excluding hydrogens is 702 g/mol. The van der Waals surface area contributed by atoms with Crippen LogP contribution in [0, 0.1) is 0 Å². The Hall–Kier alpha value is -6.15. The van der Waals surface area contributed by atoms with E-state index in [0.717, 1.165) is 16.7 Å². The van der Waals surface area contributed by atoms with Gasteiger partial charge in [0.05, 0.1) is 86.3 Å². The molecule has 284 valence electrons. The van der Waals surface area contributed by atoms with E-state index in [9.17, 15) is 19.5 Å². The van der Waals surface area contributed by atoms with Gasteiger partial charge in [-0.25, -0.2) is 0 Å². The number of rotatable bonds is 13. The standard InChI is InChI=1S/C40H41NO13/c1-46-23-8-9-30-27(15-23)37(44)28(20-53-30)26(18-35(43)51-6)39-38(45)29(42)16-24(54-39)19-41-11-10-21-12-31(47-2)32(48-3)17-25(21)36(41)22-13-33(49-4)40(52-7)34(14-22)50-5/h8-9,12-17,20,26,36,45H,10-11,18-19H2,1-7H3/t26-,36-/m1/s1. The van der Waals surface area contributed by atoms with E-state index in [2.05, 4.69) is 4.90 Å². The van der Waals surface area contributed by atoms with Crippen molar-refractivity contribution in [3.8, 4) is 40.2 Å². The SMILES string of the molecule is COC(=O)C[C@@H](c1oc(CN2CCc3cc(OC)c(OC)cc3[C@H]2c2cc(OC)c(OC)c(OC)c2)cc(=O)c1O)c1coc2ccc(OC)cc2c1=O. The molecular formula is C40H41NO13. The van der Waals surface area contributed by atoms with Crippen LogP contribution in [-0.2, 0) is 22.5 Å². The van der Waals surface area contributed by atoms with Crippen LogP contribution in [0.3, 0.4) is 0 Å². The molecule has 5 aromatic rings. The Morgan fingerprint density at radius 3 is 2.17 bits per heavy atom. The first-order valence-electron chi connectivity index (χ1n) is 16.9. The maximum absolute atomic E-state index is 13.9. The average molecular weight is 744 g/mol.